The van der Waals surface area contributed by atoms with Gasteiger partial charge in [-0.3, -0.25) is 4.79 Å². The number of hydrogen-bond acceptors (Lipinski definition) is 3. The van der Waals surface area contributed by atoms with Gasteiger partial charge in [-0.15, -0.1) is 0 Å². The Morgan fingerprint density at radius 3 is 2.81 bits per heavy atom. The predicted octanol–water partition coefficient (Wildman–Crippen LogP) is 1.98. The summed E-state index contributed by atoms with van der Waals surface area (Å²) < 4.78 is 6.56. The van der Waals surface area contributed by atoms with Gasteiger partial charge in [-0.25, -0.2) is 9.55 Å². The Kier molecular flexibility index (Phi) is 1.86. The summed E-state index contributed by atoms with van der Waals surface area (Å²) in [6, 6.07) is 10.7. The van der Waals surface area contributed by atoms with Crippen molar-refractivity contribution in [2.45, 2.75) is 0 Å². The normalized spacial score (nSPS) is 10.8. The number of aromatic nitrogens is 2. The van der Waals surface area contributed by atoms with Crippen LogP contribution in [0.2, 0.25) is 0 Å². The Morgan fingerprint density at radius 2 is 2.00 bits per heavy atom. The lowest BCUT2D eigenvalue weighted by atomic mass is 10.2. The highest BCUT2D eigenvalue weighted by molar-refractivity contribution is 5.77. The molecule has 0 bridgehead atoms. The summed E-state index contributed by atoms with van der Waals surface area (Å²) in [5.41, 5.74) is 0.566. The molecule has 78 valence electrons. The van der Waals surface area contributed by atoms with Crippen LogP contribution in [0, 0.1) is 0 Å². The van der Waals surface area contributed by atoms with Gasteiger partial charge in [-0.2, -0.15) is 0 Å². The Balaban J connectivity index is 2.37. The van der Waals surface area contributed by atoms with E-state index in [0.717, 1.165) is 0 Å². The minimum absolute atomic E-state index is 0.124. The van der Waals surface area contributed by atoms with E-state index in [1.807, 2.05) is 18.2 Å². The topological polar surface area (TPSA) is 48.0 Å². The summed E-state index contributed by atoms with van der Waals surface area (Å²) in [5, 5.41) is 0.585. The highest BCUT2D eigenvalue weighted by atomic mass is 16.3. The largest absolute Gasteiger partial charge is 0.448 e. The third-order valence-corrected chi connectivity index (χ3v) is 2.41. The number of furan rings is 1. The Bertz CT molecular complexity index is 684. The molecule has 0 amide bonds. The predicted molar refractivity (Wildman–Crippen MR) is 59.6 cm³/mol. The number of rotatable bonds is 1. The van der Waals surface area contributed by atoms with Gasteiger partial charge in [0.05, 0.1) is 17.2 Å². The molecular weight excluding hydrogens is 204 g/mol. The van der Waals surface area contributed by atoms with Crippen molar-refractivity contribution in [2.75, 3.05) is 0 Å². The van der Waals surface area contributed by atoms with Gasteiger partial charge in [0.2, 0.25) is 5.88 Å². The molecule has 0 fully saturated rings. The molecule has 2 aromatic heterocycles. The average molecular weight is 212 g/mol. The minimum atomic E-state index is -0.124. The quantitative estimate of drug-likeness (QED) is 0.619. The van der Waals surface area contributed by atoms with Crippen molar-refractivity contribution in [1.29, 1.82) is 0 Å². The first kappa shape index (κ1) is 8.91. The SMILES string of the molecule is O=c1c2ccccc2ncn1-c1ccco1. The van der Waals surface area contributed by atoms with Gasteiger partial charge in [0.25, 0.3) is 5.56 Å². The zero-order valence-corrected chi connectivity index (χ0v) is 8.33. The maximum absolute atomic E-state index is 12.1. The molecule has 16 heavy (non-hydrogen) atoms. The second kappa shape index (κ2) is 3.34. The second-order valence-corrected chi connectivity index (χ2v) is 3.39. The molecule has 3 aromatic rings. The van der Waals surface area contributed by atoms with Gasteiger partial charge >= 0.3 is 0 Å². The highest BCUT2D eigenvalue weighted by Crippen LogP contribution is 2.09. The van der Waals surface area contributed by atoms with Gasteiger partial charge in [0, 0.05) is 6.07 Å². The fourth-order valence-corrected chi connectivity index (χ4v) is 1.63. The van der Waals surface area contributed by atoms with E-state index in [4.69, 9.17) is 4.42 Å². The number of hydrogen-bond donors (Lipinski definition) is 0. The smallest absolute Gasteiger partial charge is 0.268 e. The summed E-state index contributed by atoms with van der Waals surface area (Å²) in [6.45, 7) is 0. The summed E-state index contributed by atoms with van der Waals surface area (Å²) >= 11 is 0. The molecule has 0 aliphatic heterocycles. The first-order chi connectivity index (χ1) is 7.86. The van der Waals surface area contributed by atoms with Crippen molar-refractivity contribution >= 4 is 10.9 Å². The lowest BCUT2D eigenvalue weighted by Gasteiger charge is -2.02. The summed E-state index contributed by atoms with van der Waals surface area (Å²) in [6.07, 6.45) is 3.00. The van der Waals surface area contributed by atoms with Crippen LogP contribution in [0.25, 0.3) is 16.8 Å². The number of fused-ring (bicyclic) bond motifs is 1. The van der Waals surface area contributed by atoms with Crippen molar-refractivity contribution < 1.29 is 4.42 Å². The van der Waals surface area contributed by atoms with E-state index in [1.165, 1.54) is 17.2 Å². The van der Waals surface area contributed by atoms with E-state index >= 15 is 0 Å². The molecule has 0 unspecified atom stereocenters. The molecule has 4 nitrogen and oxygen atoms in total. The number of nitrogens with zero attached hydrogens (tertiary/aromatic N) is 2. The van der Waals surface area contributed by atoms with Gasteiger partial charge < -0.3 is 4.42 Å². The fraction of sp³-hybridized carbons (Fsp3) is 0. The van der Waals surface area contributed by atoms with Crippen LogP contribution < -0.4 is 5.56 Å². The van der Waals surface area contributed by atoms with Crippen LogP contribution in [0.15, 0.2) is 58.2 Å². The van der Waals surface area contributed by atoms with E-state index in [0.29, 0.717) is 16.8 Å². The molecule has 2 heterocycles. The highest BCUT2D eigenvalue weighted by Gasteiger charge is 2.06. The third-order valence-electron chi connectivity index (χ3n) is 2.41. The van der Waals surface area contributed by atoms with E-state index in [9.17, 15) is 4.79 Å². The molecule has 0 saturated heterocycles. The van der Waals surface area contributed by atoms with Crippen LogP contribution in [0.5, 0.6) is 0 Å². The van der Waals surface area contributed by atoms with Crippen LogP contribution >= 0.6 is 0 Å². The van der Waals surface area contributed by atoms with E-state index in [1.54, 1.807) is 18.2 Å². The van der Waals surface area contributed by atoms with Gasteiger partial charge in [-0.05, 0) is 18.2 Å². The third kappa shape index (κ3) is 1.24. The van der Waals surface area contributed by atoms with Crippen LogP contribution in [-0.4, -0.2) is 9.55 Å². The first-order valence-electron chi connectivity index (χ1n) is 4.86. The molecule has 0 aliphatic rings. The molecule has 3 rings (SSSR count). The van der Waals surface area contributed by atoms with Crippen LogP contribution in [-0.2, 0) is 0 Å². The van der Waals surface area contributed by atoms with E-state index < -0.39 is 0 Å². The summed E-state index contributed by atoms with van der Waals surface area (Å²) in [5.74, 6) is 0.475. The molecule has 4 heteroatoms. The number of para-hydroxylation sites is 1. The van der Waals surface area contributed by atoms with Crippen molar-refractivity contribution in [3.8, 4) is 5.88 Å². The average Bonchev–Trinajstić information content (AvgIpc) is 2.83. The molecule has 1 aromatic carbocycles. The standard InChI is InChI=1S/C12H8N2O2/c15-12-9-4-1-2-5-10(9)13-8-14(12)11-6-3-7-16-11/h1-8H. The van der Waals surface area contributed by atoms with Gasteiger partial charge in [0.15, 0.2) is 0 Å². The Hall–Kier alpha value is -2.36. The lowest BCUT2D eigenvalue weighted by Crippen LogP contribution is -2.18. The molecule has 0 N–H and O–H groups in total. The Labute approximate surface area is 90.8 Å². The summed E-state index contributed by atoms with van der Waals surface area (Å²) in [7, 11) is 0. The fourth-order valence-electron chi connectivity index (χ4n) is 1.63. The van der Waals surface area contributed by atoms with E-state index in [2.05, 4.69) is 4.98 Å². The van der Waals surface area contributed by atoms with Gasteiger partial charge in [-0.1, -0.05) is 12.1 Å². The Morgan fingerprint density at radius 1 is 1.12 bits per heavy atom. The van der Waals surface area contributed by atoms with Crippen molar-refractivity contribution in [3.05, 3.63) is 59.3 Å². The molecule has 0 spiro atoms. The van der Waals surface area contributed by atoms with Crippen molar-refractivity contribution in [2.24, 2.45) is 0 Å². The molecular formula is C12H8N2O2. The maximum Gasteiger partial charge on any atom is 0.268 e. The van der Waals surface area contributed by atoms with E-state index in [-0.39, 0.29) is 5.56 Å². The van der Waals surface area contributed by atoms with Crippen LogP contribution in [0.3, 0.4) is 0 Å². The van der Waals surface area contributed by atoms with Gasteiger partial charge in [0.1, 0.15) is 6.33 Å². The molecule has 0 aliphatic carbocycles. The first-order valence-corrected chi connectivity index (χ1v) is 4.86. The zero-order chi connectivity index (χ0) is 11.0. The van der Waals surface area contributed by atoms with Crippen molar-refractivity contribution in [3.63, 3.8) is 0 Å². The maximum atomic E-state index is 12.1. The lowest BCUT2D eigenvalue weighted by molar-refractivity contribution is 0.533. The van der Waals surface area contributed by atoms with Crippen LogP contribution in [0.4, 0.5) is 0 Å². The molecule has 0 atom stereocenters. The summed E-state index contributed by atoms with van der Waals surface area (Å²) in [4.78, 5) is 16.3. The monoisotopic (exact) mass is 212 g/mol. The molecule has 0 saturated carbocycles. The van der Waals surface area contributed by atoms with Crippen molar-refractivity contribution in [1.82, 2.24) is 9.55 Å². The number of benzene rings is 1. The van der Waals surface area contributed by atoms with Crippen LogP contribution in [0.1, 0.15) is 0 Å². The minimum Gasteiger partial charge on any atom is -0.448 e. The molecule has 0 radical (unpaired) electrons. The zero-order valence-electron chi connectivity index (χ0n) is 8.33. The second-order valence-electron chi connectivity index (χ2n) is 3.39.